The molecule has 0 bridgehead atoms. The molecule has 2 fully saturated rings. The quantitative estimate of drug-likeness (QED) is 0.386. The third-order valence-electron chi connectivity index (χ3n) is 6.20. The number of imidazole rings is 1. The van der Waals surface area contributed by atoms with Crippen LogP contribution < -0.4 is 0 Å². The summed E-state index contributed by atoms with van der Waals surface area (Å²) < 4.78 is 7.97. The molecular formula is C20H34N2O2Si. The lowest BCUT2D eigenvalue weighted by atomic mass is 9.67. The first kappa shape index (κ1) is 18.8. The Morgan fingerprint density at radius 2 is 1.96 bits per heavy atom. The van der Waals surface area contributed by atoms with Crippen molar-refractivity contribution in [3.8, 4) is 0 Å². The molecule has 0 radical (unpaired) electrons. The van der Waals surface area contributed by atoms with Gasteiger partial charge in [-0.2, -0.15) is 0 Å². The second kappa shape index (κ2) is 8.17. The van der Waals surface area contributed by atoms with Gasteiger partial charge in [0.15, 0.2) is 12.1 Å². The van der Waals surface area contributed by atoms with Gasteiger partial charge in [-0.3, -0.25) is 4.79 Å². The zero-order chi connectivity index (χ0) is 17.9. The average Bonchev–Trinajstić information content (AvgIpc) is 3.00. The van der Waals surface area contributed by atoms with Gasteiger partial charge in [0.25, 0.3) is 0 Å². The fraction of sp³-hybridized carbons (Fsp3) is 0.800. The fourth-order valence-electron chi connectivity index (χ4n) is 4.64. The van der Waals surface area contributed by atoms with Crippen LogP contribution in [0.15, 0.2) is 6.20 Å². The third kappa shape index (κ3) is 4.82. The van der Waals surface area contributed by atoms with Gasteiger partial charge in [-0.1, -0.05) is 45.3 Å². The minimum atomic E-state index is -1.09. The number of carbonyl (C=O) groups is 1. The normalized spacial score (nSPS) is 27.1. The summed E-state index contributed by atoms with van der Waals surface area (Å²) in [5.74, 6) is 2.89. The maximum atomic E-state index is 11.4. The van der Waals surface area contributed by atoms with Crippen LogP contribution in [0.3, 0.4) is 0 Å². The number of aldehydes is 1. The molecule has 0 spiro atoms. The van der Waals surface area contributed by atoms with Crippen LogP contribution >= 0.6 is 0 Å². The minimum absolute atomic E-state index is 0.471. The first-order valence-corrected chi connectivity index (χ1v) is 13.8. The van der Waals surface area contributed by atoms with Crippen LogP contribution in [0.4, 0.5) is 0 Å². The minimum Gasteiger partial charge on any atom is -0.361 e. The van der Waals surface area contributed by atoms with Crippen LogP contribution in [-0.4, -0.2) is 30.5 Å². The van der Waals surface area contributed by atoms with Crippen LogP contribution in [0.5, 0.6) is 0 Å². The zero-order valence-corrected chi connectivity index (χ0v) is 17.2. The van der Waals surface area contributed by atoms with Gasteiger partial charge in [0.05, 0.1) is 0 Å². The van der Waals surface area contributed by atoms with Crippen molar-refractivity contribution in [3.05, 3.63) is 17.7 Å². The summed E-state index contributed by atoms with van der Waals surface area (Å²) >= 11 is 0. The highest BCUT2D eigenvalue weighted by Crippen LogP contribution is 2.46. The summed E-state index contributed by atoms with van der Waals surface area (Å²) in [4.78, 5) is 15.8. The highest BCUT2D eigenvalue weighted by molar-refractivity contribution is 6.76. The van der Waals surface area contributed by atoms with Crippen molar-refractivity contribution in [2.45, 2.75) is 83.3 Å². The van der Waals surface area contributed by atoms with Gasteiger partial charge in [0.1, 0.15) is 6.73 Å². The lowest BCUT2D eigenvalue weighted by Gasteiger charge is -2.39. The van der Waals surface area contributed by atoms with Gasteiger partial charge in [-0.15, -0.1) is 0 Å². The summed E-state index contributed by atoms with van der Waals surface area (Å²) in [5, 5.41) is 0. The molecule has 0 aliphatic heterocycles. The summed E-state index contributed by atoms with van der Waals surface area (Å²) in [6.07, 6.45) is 12.3. The van der Waals surface area contributed by atoms with Crippen molar-refractivity contribution in [1.82, 2.24) is 9.55 Å². The van der Waals surface area contributed by atoms with Gasteiger partial charge in [0.2, 0.25) is 0 Å². The second-order valence-corrected chi connectivity index (χ2v) is 14.9. The van der Waals surface area contributed by atoms with E-state index in [0.29, 0.717) is 18.5 Å². The van der Waals surface area contributed by atoms with Crippen molar-refractivity contribution in [2.24, 2.45) is 11.8 Å². The molecule has 2 saturated carbocycles. The molecule has 1 heterocycles. The van der Waals surface area contributed by atoms with E-state index in [0.717, 1.165) is 30.8 Å². The van der Waals surface area contributed by atoms with Crippen molar-refractivity contribution < 1.29 is 9.53 Å². The van der Waals surface area contributed by atoms with Crippen LogP contribution in [0.25, 0.3) is 0 Å². The maximum absolute atomic E-state index is 11.4. The monoisotopic (exact) mass is 362 g/mol. The molecule has 140 valence electrons. The first-order valence-electron chi connectivity index (χ1n) is 10.1. The Morgan fingerprint density at radius 1 is 1.20 bits per heavy atom. The number of rotatable bonds is 7. The zero-order valence-electron chi connectivity index (χ0n) is 16.2. The van der Waals surface area contributed by atoms with E-state index in [1.54, 1.807) is 0 Å². The van der Waals surface area contributed by atoms with Crippen molar-refractivity contribution >= 4 is 14.4 Å². The van der Waals surface area contributed by atoms with Gasteiger partial charge in [-0.25, -0.2) is 4.98 Å². The fourth-order valence-corrected chi connectivity index (χ4v) is 5.40. The molecule has 0 aromatic carbocycles. The van der Waals surface area contributed by atoms with Gasteiger partial charge in [0, 0.05) is 32.5 Å². The molecule has 3 atom stereocenters. The number of carbonyl (C=O) groups excluding carboxylic acids is 1. The largest absolute Gasteiger partial charge is 0.361 e. The van der Waals surface area contributed by atoms with Crippen molar-refractivity contribution in [1.29, 1.82) is 0 Å². The predicted molar refractivity (Wildman–Crippen MR) is 104 cm³/mol. The summed E-state index contributed by atoms with van der Waals surface area (Å²) in [7, 11) is -1.09. The van der Waals surface area contributed by atoms with E-state index >= 15 is 0 Å². The molecule has 1 aromatic heterocycles. The summed E-state index contributed by atoms with van der Waals surface area (Å²) in [6, 6.07) is 1.15. The third-order valence-corrected chi connectivity index (χ3v) is 7.90. The topological polar surface area (TPSA) is 44.1 Å². The molecule has 0 saturated heterocycles. The van der Waals surface area contributed by atoms with Crippen LogP contribution in [0.2, 0.25) is 25.7 Å². The predicted octanol–water partition coefficient (Wildman–Crippen LogP) is 5.08. The average molecular weight is 363 g/mol. The molecule has 0 N–H and O–H groups in total. The number of hydrogen-bond acceptors (Lipinski definition) is 3. The number of aromatic nitrogens is 2. The molecule has 0 amide bonds. The smallest absolute Gasteiger partial charge is 0.185 e. The second-order valence-electron chi connectivity index (χ2n) is 9.25. The molecule has 2 aliphatic rings. The van der Waals surface area contributed by atoms with E-state index in [4.69, 9.17) is 4.74 Å². The number of nitrogens with zero attached hydrogens (tertiary/aromatic N) is 2. The Labute approximate surface area is 153 Å². The standard InChI is InChI=1S/C20H34N2O2Si/c1-25(2,3)11-10-24-15-22-19(13-21-20(22)14-23)18-9-8-16-6-4-5-7-17(16)12-18/h13-14,16-18H,4-12,15H2,1-3H3. The molecule has 2 aliphatic carbocycles. The Morgan fingerprint density at radius 3 is 2.68 bits per heavy atom. The van der Waals surface area contributed by atoms with Gasteiger partial charge < -0.3 is 9.30 Å². The molecule has 1 aromatic rings. The van der Waals surface area contributed by atoms with Gasteiger partial charge >= 0.3 is 0 Å². The van der Waals surface area contributed by atoms with E-state index in [1.165, 1.54) is 50.6 Å². The van der Waals surface area contributed by atoms with Crippen molar-refractivity contribution in [2.75, 3.05) is 6.61 Å². The Balaban J connectivity index is 1.65. The molecule has 5 heteroatoms. The van der Waals surface area contributed by atoms with E-state index in [1.807, 2.05) is 10.8 Å². The molecule has 25 heavy (non-hydrogen) atoms. The number of hydrogen-bond donors (Lipinski definition) is 0. The molecule has 4 nitrogen and oxygen atoms in total. The van der Waals surface area contributed by atoms with Crippen LogP contribution in [0.1, 0.15) is 67.2 Å². The van der Waals surface area contributed by atoms with E-state index in [9.17, 15) is 4.79 Å². The highest BCUT2D eigenvalue weighted by atomic mass is 28.3. The highest BCUT2D eigenvalue weighted by Gasteiger charge is 2.34. The SMILES string of the molecule is C[Si](C)(C)CCOCn1c(C2CCC3CCCCC3C2)cnc1C=O. The maximum Gasteiger partial charge on any atom is 0.185 e. The van der Waals surface area contributed by atoms with Crippen molar-refractivity contribution in [3.63, 3.8) is 0 Å². The Kier molecular flexibility index (Phi) is 6.15. The van der Waals surface area contributed by atoms with Crippen LogP contribution in [-0.2, 0) is 11.5 Å². The lowest BCUT2D eigenvalue weighted by Crippen LogP contribution is -2.28. The van der Waals surface area contributed by atoms with E-state index in [2.05, 4.69) is 24.6 Å². The molecule has 3 rings (SSSR count). The van der Waals surface area contributed by atoms with Gasteiger partial charge in [-0.05, 0) is 37.1 Å². The number of ether oxygens (including phenoxy) is 1. The Hall–Kier alpha value is -0.943. The van der Waals surface area contributed by atoms with Crippen LogP contribution in [0, 0.1) is 11.8 Å². The summed E-state index contributed by atoms with van der Waals surface area (Å²) in [5.41, 5.74) is 1.22. The molecular weight excluding hydrogens is 328 g/mol. The Bertz CT molecular complexity index is 579. The van der Waals surface area contributed by atoms with E-state index in [-0.39, 0.29) is 0 Å². The first-order chi connectivity index (χ1) is 12.0. The van der Waals surface area contributed by atoms with E-state index < -0.39 is 8.07 Å². The lowest BCUT2D eigenvalue weighted by molar-refractivity contribution is 0.0782. The molecule has 3 unspecified atom stereocenters. The number of fused-ring (bicyclic) bond motifs is 1. The summed E-state index contributed by atoms with van der Waals surface area (Å²) in [6.45, 7) is 8.33.